The number of benzene rings is 2. The first-order chi connectivity index (χ1) is 15.0. The molecule has 5 nitrogen and oxygen atoms in total. The van der Waals surface area contributed by atoms with E-state index in [0.29, 0.717) is 34.0 Å². The zero-order valence-corrected chi connectivity index (χ0v) is 19.7. The number of methoxy groups -OCH3 is 1. The lowest BCUT2D eigenvalue weighted by molar-refractivity contribution is 0.0601. The van der Waals surface area contributed by atoms with Gasteiger partial charge in [0, 0.05) is 15.7 Å². The highest BCUT2D eigenvalue weighted by atomic mass is 79.9. The Morgan fingerprint density at radius 3 is 2.39 bits per heavy atom. The molecule has 0 saturated carbocycles. The highest BCUT2D eigenvalue weighted by Crippen LogP contribution is 2.38. The van der Waals surface area contributed by atoms with Crippen molar-refractivity contribution in [2.45, 2.75) is 25.7 Å². The minimum Gasteiger partial charge on any atom is -0.465 e. The van der Waals surface area contributed by atoms with Crippen molar-refractivity contribution in [2.24, 2.45) is 5.73 Å². The lowest BCUT2D eigenvalue weighted by Gasteiger charge is -2.09. The number of ketones is 1. The molecule has 0 radical (unpaired) electrons. The summed E-state index contributed by atoms with van der Waals surface area (Å²) in [5, 5.41) is 3.92. The first-order valence-corrected chi connectivity index (χ1v) is 11.7. The number of unbranched alkanes of at least 4 members (excludes halogenated alkanes) is 2. The van der Waals surface area contributed by atoms with Crippen LogP contribution >= 0.6 is 27.3 Å². The number of hydrogen-bond donors (Lipinski definition) is 2. The molecule has 0 saturated heterocycles. The third-order valence-corrected chi connectivity index (χ3v) is 6.55. The molecule has 0 atom stereocenters. The molecule has 0 aliphatic heterocycles. The molecule has 0 spiro atoms. The van der Waals surface area contributed by atoms with Crippen LogP contribution in [0.1, 0.15) is 50.4 Å². The summed E-state index contributed by atoms with van der Waals surface area (Å²) in [5.74, 6) is -0.545. The van der Waals surface area contributed by atoms with Gasteiger partial charge in [0.2, 0.25) is 5.78 Å². The van der Waals surface area contributed by atoms with Gasteiger partial charge in [0.25, 0.3) is 0 Å². The third-order valence-electron chi connectivity index (χ3n) is 4.87. The van der Waals surface area contributed by atoms with Crippen molar-refractivity contribution >= 4 is 49.7 Å². The van der Waals surface area contributed by atoms with Crippen molar-refractivity contribution < 1.29 is 14.3 Å². The molecule has 0 fully saturated rings. The molecule has 1 heterocycles. The van der Waals surface area contributed by atoms with Crippen LogP contribution in [0.3, 0.4) is 0 Å². The first-order valence-electron chi connectivity index (χ1n) is 10.1. The molecule has 3 N–H and O–H groups in total. The summed E-state index contributed by atoms with van der Waals surface area (Å²) in [6, 6.07) is 16.8. The van der Waals surface area contributed by atoms with E-state index >= 15 is 0 Å². The molecular formula is C24H25BrN2O3S. The quantitative estimate of drug-likeness (QED) is 0.204. The second-order valence-corrected chi connectivity index (χ2v) is 8.97. The van der Waals surface area contributed by atoms with Crippen molar-refractivity contribution in [1.82, 2.24) is 0 Å². The number of thiophene rings is 1. The fourth-order valence-corrected chi connectivity index (χ4v) is 4.78. The van der Waals surface area contributed by atoms with Gasteiger partial charge < -0.3 is 15.8 Å². The number of hydrogen-bond acceptors (Lipinski definition) is 6. The average Bonchev–Trinajstić information content (AvgIpc) is 3.14. The van der Waals surface area contributed by atoms with Crippen LogP contribution in [0.2, 0.25) is 0 Å². The molecule has 3 aromatic rings. The van der Waals surface area contributed by atoms with E-state index in [4.69, 9.17) is 10.5 Å². The molecule has 162 valence electrons. The highest BCUT2D eigenvalue weighted by molar-refractivity contribution is 9.10. The van der Waals surface area contributed by atoms with E-state index in [1.165, 1.54) is 18.4 Å². The van der Waals surface area contributed by atoms with E-state index in [2.05, 4.69) is 21.2 Å². The van der Waals surface area contributed by atoms with Gasteiger partial charge in [-0.25, -0.2) is 4.79 Å². The van der Waals surface area contributed by atoms with Gasteiger partial charge in [0.05, 0.1) is 17.6 Å². The number of rotatable bonds is 10. The molecule has 0 bridgehead atoms. The largest absolute Gasteiger partial charge is 0.465 e. The number of nitrogens with one attached hydrogen (secondary N) is 1. The smallest absolute Gasteiger partial charge is 0.341 e. The maximum Gasteiger partial charge on any atom is 0.341 e. The number of carbonyl (C=O) groups is 2. The number of nitrogens with two attached hydrogens (primary N) is 1. The van der Waals surface area contributed by atoms with Crippen LogP contribution in [-0.4, -0.2) is 25.4 Å². The molecule has 1 aromatic heterocycles. The molecule has 0 aliphatic carbocycles. The number of para-hydroxylation sites is 1. The summed E-state index contributed by atoms with van der Waals surface area (Å²) in [6.45, 7) is 0.624. The van der Waals surface area contributed by atoms with Crippen LogP contribution < -0.4 is 11.1 Å². The van der Waals surface area contributed by atoms with E-state index in [1.54, 1.807) is 12.1 Å². The number of ether oxygens (including phenoxy) is 1. The number of carbonyl (C=O) groups excluding carboxylic acids is 2. The minimum atomic E-state index is -0.446. The first kappa shape index (κ1) is 23.2. The van der Waals surface area contributed by atoms with Crippen LogP contribution in [-0.2, 0) is 11.2 Å². The Morgan fingerprint density at radius 2 is 1.74 bits per heavy atom. The molecule has 0 amide bonds. The maximum atomic E-state index is 13.4. The summed E-state index contributed by atoms with van der Waals surface area (Å²) in [4.78, 5) is 26.7. The molecule has 7 heteroatoms. The zero-order valence-electron chi connectivity index (χ0n) is 17.3. The molecule has 31 heavy (non-hydrogen) atoms. The van der Waals surface area contributed by atoms with E-state index in [9.17, 15) is 9.59 Å². The van der Waals surface area contributed by atoms with E-state index in [-0.39, 0.29) is 5.78 Å². The number of esters is 1. The van der Waals surface area contributed by atoms with E-state index in [1.807, 2.05) is 42.5 Å². The molecule has 0 unspecified atom stereocenters. The Hall–Kier alpha value is -2.48. The predicted octanol–water partition coefficient (Wildman–Crippen LogP) is 5.94. The monoisotopic (exact) mass is 500 g/mol. The summed E-state index contributed by atoms with van der Waals surface area (Å²) in [6.07, 6.45) is 3.28. The Morgan fingerprint density at radius 1 is 1.03 bits per heavy atom. The van der Waals surface area contributed by atoms with E-state index in [0.717, 1.165) is 35.0 Å². The summed E-state index contributed by atoms with van der Waals surface area (Å²) < 4.78 is 5.99. The lowest BCUT2D eigenvalue weighted by atomic mass is 9.98. The van der Waals surface area contributed by atoms with Gasteiger partial charge >= 0.3 is 5.97 Å². The summed E-state index contributed by atoms with van der Waals surface area (Å²) in [7, 11) is 1.36. The topological polar surface area (TPSA) is 81.4 Å². The lowest BCUT2D eigenvalue weighted by Crippen LogP contribution is -2.09. The maximum absolute atomic E-state index is 13.4. The number of anilines is 2. The van der Waals surface area contributed by atoms with Gasteiger partial charge in [-0.3, -0.25) is 4.79 Å². The zero-order chi connectivity index (χ0) is 22.2. The Balaban J connectivity index is 2.06. The molecule has 2 aromatic carbocycles. The van der Waals surface area contributed by atoms with Crippen LogP contribution in [0.25, 0.3) is 0 Å². The highest BCUT2D eigenvalue weighted by Gasteiger charge is 2.28. The van der Waals surface area contributed by atoms with Crippen LogP contribution in [0.4, 0.5) is 10.7 Å². The second kappa shape index (κ2) is 11.2. The SMILES string of the molecule is COC(=O)c1c(Nc2ccccc2)sc(C(=O)c2ccc(Br)cc2)c1CCCCCN. The summed E-state index contributed by atoms with van der Waals surface area (Å²) >= 11 is 4.70. The fraction of sp³-hybridized carbons (Fsp3) is 0.250. The van der Waals surface area contributed by atoms with Crippen LogP contribution in [0.15, 0.2) is 59.1 Å². The molecular weight excluding hydrogens is 476 g/mol. The fourth-order valence-electron chi connectivity index (χ4n) is 3.30. The molecule has 0 aliphatic rings. The predicted molar refractivity (Wildman–Crippen MR) is 130 cm³/mol. The Labute approximate surface area is 194 Å². The third kappa shape index (κ3) is 5.81. The van der Waals surface area contributed by atoms with Gasteiger partial charge in [-0.05, 0) is 67.8 Å². The van der Waals surface area contributed by atoms with Crippen molar-refractivity contribution in [3.63, 3.8) is 0 Å². The number of halogens is 1. The van der Waals surface area contributed by atoms with Crippen molar-refractivity contribution in [3.8, 4) is 0 Å². The Kier molecular flexibility index (Phi) is 8.40. The van der Waals surface area contributed by atoms with Gasteiger partial charge in [0.1, 0.15) is 5.00 Å². The minimum absolute atomic E-state index is 0.0995. The van der Waals surface area contributed by atoms with Crippen LogP contribution in [0, 0.1) is 0 Å². The van der Waals surface area contributed by atoms with Gasteiger partial charge in [-0.2, -0.15) is 0 Å². The molecule has 3 rings (SSSR count). The normalized spacial score (nSPS) is 10.7. The summed E-state index contributed by atoms with van der Waals surface area (Å²) in [5.41, 5.74) is 8.21. The van der Waals surface area contributed by atoms with Gasteiger partial charge in [-0.15, -0.1) is 11.3 Å². The van der Waals surface area contributed by atoms with E-state index < -0.39 is 5.97 Å². The van der Waals surface area contributed by atoms with Gasteiger partial charge in [-0.1, -0.05) is 40.5 Å². The van der Waals surface area contributed by atoms with Gasteiger partial charge in [0.15, 0.2) is 0 Å². The van der Waals surface area contributed by atoms with Crippen molar-refractivity contribution in [1.29, 1.82) is 0 Å². The van der Waals surface area contributed by atoms with Crippen molar-refractivity contribution in [3.05, 3.63) is 80.6 Å². The standard InChI is InChI=1S/C24H25BrN2O3S/c1-30-24(29)20-19(10-6-3-7-15-26)22(21(28)16-11-13-17(25)14-12-16)31-23(20)27-18-8-4-2-5-9-18/h2,4-5,8-9,11-14,27H,3,6-7,10,15,26H2,1H3. The second-order valence-electron chi connectivity index (χ2n) is 7.03. The average molecular weight is 501 g/mol. The Bertz CT molecular complexity index is 1030. The van der Waals surface area contributed by atoms with Crippen molar-refractivity contribution in [2.75, 3.05) is 19.0 Å². The van der Waals surface area contributed by atoms with Crippen LogP contribution in [0.5, 0.6) is 0 Å².